The van der Waals surface area contributed by atoms with Gasteiger partial charge in [-0.05, 0) is 30.7 Å². The normalized spacial score (nSPS) is 23.1. The van der Waals surface area contributed by atoms with Crippen molar-refractivity contribution in [1.82, 2.24) is 0 Å². The van der Waals surface area contributed by atoms with Crippen LogP contribution in [0.5, 0.6) is 0 Å². The highest BCUT2D eigenvalue weighted by molar-refractivity contribution is 5.54. The Labute approximate surface area is 108 Å². The second kappa shape index (κ2) is 5.38. The number of rotatable bonds is 3. The summed E-state index contributed by atoms with van der Waals surface area (Å²) in [7, 11) is 3.43. The van der Waals surface area contributed by atoms with Gasteiger partial charge in [-0.1, -0.05) is 0 Å². The highest BCUT2D eigenvalue weighted by Crippen LogP contribution is 2.25. The maximum Gasteiger partial charge on any atom is 0.102 e. The monoisotopic (exact) mass is 246 g/mol. The third-order valence-corrected chi connectivity index (χ3v) is 3.52. The van der Waals surface area contributed by atoms with E-state index >= 15 is 0 Å². The minimum atomic E-state index is 0.103. The molecule has 1 aromatic carbocycles. The van der Waals surface area contributed by atoms with E-state index in [9.17, 15) is 0 Å². The van der Waals surface area contributed by atoms with Crippen molar-refractivity contribution in [3.05, 3.63) is 29.3 Å². The van der Waals surface area contributed by atoms with E-state index in [1.807, 2.05) is 25.1 Å². The molecular formula is C14H18N2O2. The molecule has 96 valence electrons. The van der Waals surface area contributed by atoms with Crippen LogP contribution in [-0.4, -0.2) is 39.5 Å². The van der Waals surface area contributed by atoms with Gasteiger partial charge in [0.25, 0.3) is 0 Å². The van der Waals surface area contributed by atoms with Crippen molar-refractivity contribution in [2.24, 2.45) is 0 Å². The van der Waals surface area contributed by atoms with Crippen molar-refractivity contribution >= 4 is 5.69 Å². The van der Waals surface area contributed by atoms with E-state index in [4.69, 9.17) is 14.7 Å². The summed E-state index contributed by atoms with van der Waals surface area (Å²) in [5, 5.41) is 8.93. The number of ether oxygens (including phenoxy) is 2. The van der Waals surface area contributed by atoms with Crippen molar-refractivity contribution in [2.75, 3.05) is 32.2 Å². The lowest BCUT2D eigenvalue weighted by atomic mass is 10.1. The minimum Gasteiger partial charge on any atom is -0.377 e. The SMILES string of the molecule is COC1CN(c2ccc(C#N)c(C)c2)CC1OC. The first-order chi connectivity index (χ1) is 8.69. The number of hydrogen-bond acceptors (Lipinski definition) is 4. The fourth-order valence-electron chi connectivity index (χ4n) is 2.38. The molecule has 1 aromatic rings. The quantitative estimate of drug-likeness (QED) is 0.814. The molecule has 1 fully saturated rings. The Morgan fingerprint density at radius 3 is 2.28 bits per heavy atom. The lowest BCUT2D eigenvalue weighted by Crippen LogP contribution is -2.27. The number of nitriles is 1. The van der Waals surface area contributed by atoms with Crippen LogP contribution in [0, 0.1) is 18.3 Å². The summed E-state index contributed by atoms with van der Waals surface area (Å²) < 4.78 is 10.8. The predicted molar refractivity (Wildman–Crippen MR) is 69.7 cm³/mol. The largest absolute Gasteiger partial charge is 0.377 e. The fourth-order valence-corrected chi connectivity index (χ4v) is 2.38. The third kappa shape index (κ3) is 2.33. The van der Waals surface area contributed by atoms with E-state index in [2.05, 4.69) is 11.0 Å². The van der Waals surface area contributed by atoms with Gasteiger partial charge in [0.05, 0.1) is 11.6 Å². The molecule has 0 saturated carbocycles. The van der Waals surface area contributed by atoms with Crippen molar-refractivity contribution in [3.63, 3.8) is 0 Å². The third-order valence-electron chi connectivity index (χ3n) is 3.52. The molecule has 4 heteroatoms. The van der Waals surface area contributed by atoms with Crippen molar-refractivity contribution in [3.8, 4) is 6.07 Å². The van der Waals surface area contributed by atoms with E-state index in [1.165, 1.54) is 0 Å². The van der Waals surface area contributed by atoms with Crippen LogP contribution >= 0.6 is 0 Å². The van der Waals surface area contributed by atoms with Gasteiger partial charge in [-0.3, -0.25) is 0 Å². The lowest BCUT2D eigenvalue weighted by molar-refractivity contribution is -0.00461. The molecule has 2 unspecified atom stereocenters. The summed E-state index contributed by atoms with van der Waals surface area (Å²) in [6, 6.07) is 8.08. The number of hydrogen-bond donors (Lipinski definition) is 0. The van der Waals surface area contributed by atoms with Crippen molar-refractivity contribution in [1.29, 1.82) is 5.26 Å². The predicted octanol–water partition coefficient (Wildman–Crippen LogP) is 1.72. The van der Waals surface area contributed by atoms with Crippen molar-refractivity contribution < 1.29 is 9.47 Å². The number of aryl methyl sites for hydroxylation is 1. The highest BCUT2D eigenvalue weighted by Gasteiger charge is 2.33. The van der Waals surface area contributed by atoms with Gasteiger partial charge in [-0.2, -0.15) is 5.26 Å². The molecule has 2 rings (SSSR count). The Hall–Kier alpha value is -1.57. The molecule has 0 bridgehead atoms. The molecule has 0 radical (unpaired) electrons. The molecule has 4 nitrogen and oxygen atoms in total. The molecule has 0 aromatic heterocycles. The van der Waals surface area contributed by atoms with Crippen LogP contribution in [0.2, 0.25) is 0 Å². The Morgan fingerprint density at radius 1 is 1.22 bits per heavy atom. The van der Waals surface area contributed by atoms with Gasteiger partial charge >= 0.3 is 0 Å². The van der Waals surface area contributed by atoms with Crippen LogP contribution in [0.4, 0.5) is 5.69 Å². The average molecular weight is 246 g/mol. The van der Waals surface area contributed by atoms with Crippen LogP contribution in [0.3, 0.4) is 0 Å². The van der Waals surface area contributed by atoms with E-state index < -0.39 is 0 Å². The summed E-state index contributed by atoms with van der Waals surface area (Å²) in [5.74, 6) is 0. The molecule has 1 aliphatic heterocycles. The maximum atomic E-state index is 8.93. The smallest absolute Gasteiger partial charge is 0.102 e. The Bertz CT molecular complexity index is 455. The minimum absolute atomic E-state index is 0.103. The summed E-state index contributed by atoms with van der Waals surface area (Å²) in [4.78, 5) is 2.23. The number of nitrogens with zero attached hydrogens (tertiary/aromatic N) is 2. The summed E-state index contributed by atoms with van der Waals surface area (Å²) in [5.41, 5.74) is 2.85. The van der Waals surface area contributed by atoms with Gasteiger partial charge in [0.1, 0.15) is 12.2 Å². The van der Waals surface area contributed by atoms with Gasteiger partial charge in [-0.25, -0.2) is 0 Å². The summed E-state index contributed by atoms with van der Waals surface area (Å²) in [6.07, 6.45) is 0.205. The molecule has 0 N–H and O–H groups in total. The molecule has 18 heavy (non-hydrogen) atoms. The average Bonchev–Trinajstić information content (AvgIpc) is 2.81. The Morgan fingerprint density at radius 2 is 1.83 bits per heavy atom. The molecule has 0 amide bonds. The van der Waals surface area contributed by atoms with Gasteiger partial charge < -0.3 is 14.4 Å². The molecule has 1 saturated heterocycles. The van der Waals surface area contributed by atoms with Crippen LogP contribution in [0.25, 0.3) is 0 Å². The number of methoxy groups -OCH3 is 2. The highest BCUT2D eigenvalue weighted by atomic mass is 16.5. The van der Waals surface area contributed by atoms with Crippen LogP contribution < -0.4 is 4.90 Å². The molecule has 2 atom stereocenters. The molecular weight excluding hydrogens is 228 g/mol. The first-order valence-corrected chi connectivity index (χ1v) is 6.01. The number of anilines is 1. The first kappa shape index (κ1) is 12.9. The summed E-state index contributed by atoms with van der Waals surface area (Å²) >= 11 is 0. The zero-order valence-corrected chi connectivity index (χ0v) is 11.0. The maximum absolute atomic E-state index is 8.93. The Balaban J connectivity index is 2.19. The Kier molecular flexibility index (Phi) is 3.85. The standard InChI is InChI=1S/C14H18N2O2/c1-10-6-12(5-4-11(10)7-15)16-8-13(17-2)14(9-16)18-3/h4-6,13-14H,8-9H2,1-3H3. The topological polar surface area (TPSA) is 45.5 Å². The molecule has 0 aliphatic carbocycles. The van der Waals surface area contributed by atoms with Crippen LogP contribution in [0.1, 0.15) is 11.1 Å². The summed E-state index contributed by atoms with van der Waals surface area (Å²) in [6.45, 7) is 3.60. The fraction of sp³-hybridized carbons (Fsp3) is 0.500. The molecule has 1 heterocycles. The first-order valence-electron chi connectivity index (χ1n) is 6.01. The zero-order valence-electron chi connectivity index (χ0n) is 11.0. The van der Waals surface area contributed by atoms with E-state index in [0.29, 0.717) is 0 Å². The molecule has 1 aliphatic rings. The van der Waals surface area contributed by atoms with Gasteiger partial charge in [0, 0.05) is 33.0 Å². The lowest BCUT2D eigenvalue weighted by Gasteiger charge is -2.18. The molecule has 0 spiro atoms. The van der Waals surface area contributed by atoms with E-state index in [1.54, 1.807) is 14.2 Å². The van der Waals surface area contributed by atoms with Crippen LogP contribution in [-0.2, 0) is 9.47 Å². The second-order valence-corrected chi connectivity index (χ2v) is 4.56. The van der Waals surface area contributed by atoms with Gasteiger partial charge in [-0.15, -0.1) is 0 Å². The number of benzene rings is 1. The van der Waals surface area contributed by atoms with Crippen LogP contribution in [0.15, 0.2) is 18.2 Å². The van der Waals surface area contributed by atoms with E-state index in [0.717, 1.165) is 29.9 Å². The van der Waals surface area contributed by atoms with E-state index in [-0.39, 0.29) is 12.2 Å². The zero-order chi connectivity index (χ0) is 13.1. The van der Waals surface area contributed by atoms with Gasteiger partial charge in [0.2, 0.25) is 0 Å². The second-order valence-electron chi connectivity index (χ2n) is 4.56. The van der Waals surface area contributed by atoms with Gasteiger partial charge in [0.15, 0.2) is 0 Å². The van der Waals surface area contributed by atoms with Crippen molar-refractivity contribution in [2.45, 2.75) is 19.1 Å².